The minimum absolute atomic E-state index is 0.202. The third-order valence-electron chi connectivity index (χ3n) is 4.71. The second kappa shape index (κ2) is 6.99. The molecule has 1 aliphatic heterocycles. The van der Waals surface area contributed by atoms with Gasteiger partial charge in [0.25, 0.3) is 5.91 Å². The quantitative estimate of drug-likeness (QED) is 0.937. The average Bonchev–Trinajstić information content (AvgIpc) is 2.59. The van der Waals surface area contributed by atoms with Crippen LogP contribution in [-0.4, -0.2) is 29.0 Å². The first-order chi connectivity index (χ1) is 11.5. The molecule has 5 heteroatoms. The van der Waals surface area contributed by atoms with Crippen molar-refractivity contribution < 1.29 is 4.79 Å². The molecule has 1 saturated heterocycles. The summed E-state index contributed by atoms with van der Waals surface area (Å²) in [5, 5.41) is 2.92. The number of nitrogens with one attached hydrogen (secondary N) is 1. The van der Waals surface area contributed by atoms with E-state index in [0.717, 1.165) is 43.1 Å². The van der Waals surface area contributed by atoms with E-state index < -0.39 is 0 Å². The Morgan fingerprint density at radius 2 is 1.92 bits per heavy atom. The van der Waals surface area contributed by atoms with Crippen molar-refractivity contribution >= 4 is 17.5 Å². The van der Waals surface area contributed by atoms with Crippen LogP contribution in [0.4, 0.5) is 11.6 Å². The first kappa shape index (κ1) is 16.4. The lowest BCUT2D eigenvalue weighted by molar-refractivity contribution is 0.102. The van der Waals surface area contributed by atoms with Crippen molar-refractivity contribution in [2.45, 2.75) is 33.6 Å². The zero-order chi connectivity index (χ0) is 17.1. The van der Waals surface area contributed by atoms with E-state index in [1.807, 2.05) is 25.1 Å². The highest BCUT2D eigenvalue weighted by atomic mass is 16.1. The van der Waals surface area contributed by atoms with E-state index >= 15 is 0 Å². The number of benzene rings is 1. The Morgan fingerprint density at radius 3 is 2.62 bits per heavy atom. The number of hydrogen-bond acceptors (Lipinski definition) is 4. The Bertz CT molecular complexity index is 736. The highest BCUT2D eigenvalue weighted by molar-refractivity contribution is 6.03. The molecule has 24 heavy (non-hydrogen) atoms. The molecule has 1 amide bonds. The van der Waals surface area contributed by atoms with E-state index in [0.29, 0.717) is 11.6 Å². The summed E-state index contributed by atoms with van der Waals surface area (Å²) in [6.07, 6.45) is 3.94. The van der Waals surface area contributed by atoms with Crippen LogP contribution in [0.5, 0.6) is 0 Å². The maximum atomic E-state index is 12.5. The van der Waals surface area contributed by atoms with Crippen LogP contribution in [0.2, 0.25) is 0 Å². The predicted molar refractivity (Wildman–Crippen MR) is 96.5 cm³/mol. The summed E-state index contributed by atoms with van der Waals surface area (Å²) in [5.74, 6) is 1.19. The van der Waals surface area contributed by atoms with Crippen molar-refractivity contribution in [3.05, 3.63) is 47.3 Å². The summed E-state index contributed by atoms with van der Waals surface area (Å²) >= 11 is 0. The number of aryl methyl sites for hydroxylation is 2. The molecule has 0 radical (unpaired) electrons. The monoisotopic (exact) mass is 324 g/mol. The molecular weight excluding hydrogens is 300 g/mol. The smallest absolute Gasteiger partial charge is 0.274 e. The molecule has 0 unspecified atom stereocenters. The van der Waals surface area contributed by atoms with Crippen molar-refractivity contribution in [2.24, 2.45) is 5.92 Å². The topological polar surface area (TPSA) is 58.1 Å². The first-order valence-corrected chi connectivity index (χ1v) is 8.49. The van der Waals surface area contributed by atoms with E-state index in [4.69, 9.17) is 0 Å². The van der Waals surface area contributed by atoms with Gasteiger partial charge in [-0.15, -0.1) is 0 Å². The van der Waals surface area contributed by atoms with Gasteiger partial charge in [-0.25, -0.2) is 9.97 Å². The molecule has 0 aliphatic carbocycles. The van der Waals surface area contributed by atoms with Gasteiger partial charge in [0.1, 0.15) is 5.69 Å². The average molecular weight is 324 g/mol. The van der Waals surface area contributed by atoms with Gasteiger partial charge >= 0.3 is 0 Å². The fourth-order valence-corrected chi connectivity index (χ4v) is 2.85. The molecular formula is C19H24N4O. The van der Waals surface area contributed by atoms with Crippen molar-refractivity contribution in [3.63, 3.8) is 0 Å². The summed E-state index contributed by atoms with van der Waals surface area (Å²) < 4.78 is 0. The summed E-state index contributed by atoms with van der Waals surface area (Å²) in [4.78, 5) is 23.4. The molecule has 2 heterocycles. The summed E-state index contributed by atoms with van der Waals surface area (Å²) in [7, 11) is 0. The Hall–Kier alpha value is -2.43. The van der Waals surface area contributed by atoms with Crippen molar-refractivity contribution in [1.29, 1.82) is 0 Å². The standard InChI is InChI=1S/C19H24N4O/c1-13-7-10-23(11-8-13)19-20-9-6-17(22-19)18(24)21-16-5-4-14(2)15(3)12-16/h4-6,9,12-13H,7-8,10-11H2,1-3H3,(H,21,24). The van der Waals surface area contributed by atoms with Crippen LogP contribution >= 0.6 is 0 Å². The SMILES string of the molecule is Cc1ccc(NC(=O)c2ccnc(N3CCC(C)CC3)n2)cc1C. The van der Waals surface area contributed by atoms with E-state index in [2.05, 4.69) is 34.0 Å². The van der Waals surface area contributed by atoms with Gasteiger partial charge in [0.2, 0.25) is 5.95 Å². The van der Waals surface area contributed by atoms with Crippen LogP contribution in [0.3, 0.4) is 0 Å². The van der Waals surface area contributed by atoms with Gasteiger partial charge in [0.05, 0.1) is 0 Å². The number of aromatic nitrogens is 2. The van der Waals surface area contributed by atoms with Gasteiger partial charge < -0.3 is 10.2 Å². The van der Waals surface area contributed by atoms with Crippen molar-refractivity contribution in [3.8, 4) is 0 Å². The van der Waals surface area contributed by atoms with E-state index in [9.17, 15) is 4.79 Å². The molecule has 1 fully saturated rings. The second-order valence-corrected chi connectivity index (χ2v) is 6.66. The zero-order valence-corrected chi connectivity index (χ0v) is 14.5. The third-order valence-corrected chi connectivity index (χ3v) is 4.71. The van der Waals surface area contributed by atoms with E-state index in [1.165, 1.54) is 5.56 Å². The van der Waals surface area contributed by atoms with E-state index in [-0.39, 0.29) is 5.91 Å². The molecule has 0 spiro atoms. The van der Waals surface area contributed by atoms with Crippen LogP contribution in [0.1, 0.15) is 41.4 Å². The Kier molecular flexibility index (Phi) is 4.79. The molecule has 1 aromatic heterocycles. The van der Waals surface area contributed by atoms with Crippen LogP contribution in [0.25, 0.3) is 0 Å². The maximum absolute atomic E-state index is 12.5. The molecule has 0 saturated carbocycles. The Morgan fingerprint density at radius 1 is 1.17 bits per heavy atom. The molecule has 3 rings (SSSR count). The number of nitrogens with zero attached hydrogens (tertiary/aromatic N) is 3. The molecule has 2 aromatic rings. The van der Waals surface area contributed by atoms with Gasteiger partial charge in [-0.05, 0) is 61.9 Å². The van der Waals surface area contributed by atoms with Crippen molar-refractivity contribution in [2.75, 3.05) is 23.3 Å². The maximum Gasteiger partial charge on any atom is 0.274 e. The number of anilines is 2. The van der Waals surface area contributed by atoms with Gasteiger partial charge in [0, 0.05) is 25.0 Å². The number of carbonyl (C=O) groups is 1. The number of hydrogen-bond donors (Lipinski definition) is 1. The second-order valence-electron chi connectivity index (χ2n) is 6.66. The number of rotatable bonds is 3. The molecule has 1 aliphatic rings. The predicted octanol–water partition coefficient (Wildman–Crippen LogP) is 3.58. The molecule has 1 aromatic carbocycles. The minimum atomic E-state index is -0.202. The van der Waals surface area contributed by atoms with Gasteiger partial charge in [-0.1, -0.05) is 13.0 Å². The molecule has 0 bridgehead atoms. The summed E-state index contributed by atoms with van der Waals surface area (Å²) in [6, 6.07) is 7.55. The fraction of sp³-hybridized carbons (Fsp3) is 0.421. The highest BCUT2D eigenvalue weighted by Crippen LogP contribution is 2.20. The minimum Gasteiger partial charge on any atom is -0.341 e. The highest BCUT2D eigenvalue weighted by Gasteiger charge is 2.19. The van der Waals surface area contributed by atoms with Crippen LogP contribution in [0, 0.1) is 19.8 Å². The fourth-order valence-electron chi connectivity index (χ4n) is 2.85. The number of amides is 1. The summed E-state index contributed by atoms with van der Waals surface area (Å²) in [6.45, 7) is 8.25. The number of piperidine rings is 1. The van der Waals surface area contributed by atoms with Crippen LogP contribution < -0.4 is 10.2 Å². The normalized spacial score (nSPS) is 15.4. The molecule has 0 atom stereocenters. The Balaban J connectivity index is 1.73. The Labute approximate surface area is 143 Å². The molecule has 126 valence electrons. The lowest BCUT2D eigenvalue weighted by atomic mass is 10.00. The van der Waals surface area contributed by atoms with E-state index in [1.54, 1.807) is 12.3 Å². The zero-order valence-electron chi connectivity index (χ0n) is 14.5. The van der Waals surface area contributed by atoms with Crippen LogP contribution in [-0.2, 0) is 0 Å². The lowest BCUT2D eigenvalue weighted by Crippen LogP contribution is -2.34. The van der Waals surface area contributed by atoms with Crippen LogP contribution in [0.15, 0.2) is 30.5 Å². The van der Waals surface area contributed by atoms with Crippen molar-refractivity contribution in [1.82, 2.24) is 9.97 Å². The van der Waals surface area contributed by atoms with Gasteiger partial charge in [0.15, 0.2) is 0 Å². The number of carbonyl (C=O) groups excluding carboxylic acids is 1. The summed E-state index contributed by atoms with van der Waals surface area (Å²) in [5.41, 5.74) is 3.54. The van der Waals surface area contributed by atoms with Gasteiger partial charge in [-0.2, -0.15) is 0 Å². The van der Waals surface area contributed by atoms with Gasteiger partial charge in [-0.3, -0.25) is 4.79 Å². The molecule has 5 nitrogen and oxygen atoms in total. The first-order valence-electron chi connectivity index (χ1n) is 8.49. The largest absolute Gasteiger partial charge is 0.341 e. The molecule has 1 N–H and O–H groups in total. The third kappa shape index (κ3) is 3.72. The lowest BCUT2D eigenvalue weighted by Gasteiger charge is -2.30.